The minimum Gasteiger partial charge on any atom is -0.492 e. The molecule has 6 aromatic rings. The van der Waals surface area contributed by atoms with Crippen molar-refractivity contribution < 1.29 is 66.3 Å². The largest absolute Gasteiger partial charge is 0.492 e. The van der Waals surface area contributed by atoms with Gasteiger partial charge < -0.3 is 42.3 Å². The van der Waals surface area contributed by atoms with Gasteiger partial charge in [0.1, 0.15) is 24.0 Å². The Kier molecular flexibility index (Phi) is 12.8. The summed E-state index contributed by atoms with van der Waals surface area (Å²) >= 11 is 0. The predicted molar refractivity (Wildman–Crippen MR) is 213 cm³/mol. The Morgan fingerprint density at radius 1 is 0.574 bits per heavy atom. The monoisotopic (exact) mass is 828 g/mol. The molecular weight excluding hydrogens is 792 g/mol. The topological polar surface area (TPSA) is 189 Å². The molecule has 5 atom stereocenters. The minimum atomic E-state index is -1.70. The van der Waals surface area contributed by atoms with E-state index in [0.29, 0.717) is 0 Å². The van der Waals surface area contributed by atoms with Gasteiger partial charge in [-0.2, -0.15) is 0 Å². The molecule has 0 N–H and O–H groups in total. The van der Waals surface area contributed by atoms with Crippen molar-refractivity contribution in [2.24, 2.45) is 0 Å². The third kappa shape index (κ3) is 9.75. The third-order valence-electron chi connectivity index (χ3n) is 9.23. The number of esters is 5. The Morgan fingerprint density at radius 3 is 1.54 bits per heavy atom. The van der Waals surface area contributed by atoms with Crippen molar-refractivity contribution in [3.05, 3.63) is 172 Å². The van der Waals surface area contributed by atoms with E-state index in [4.69, 9.17) is 42.3 Å². The Morgan fingerprint density at radius 2 is 1.05 bits per heavy atom. The van der Waals surface area contributed by atoms with Crippen LogP contribution in [0.2, 0.25) is 0 Å². The van der Waals surface area contributed by atoms with Gasteiger partial charge in [-0.15, -0.1) is 0 Å². The first-order chi connectivity index (χ1) is 29.6. The maximum Gasteiger partial charge on any atom is 0.383 e. The molecule has 1 saturated heterocycles. The van der Waals surface area contributed by atoms with Crippen LogP contribution < -0.4 is 19.8 Å². The van der Waals surface area contributed by atoms with Crippen LogP contribution in [0.5, 0.6) is 17.2 Å². The molecule has 0 bridgehead atoms. The van der Waals surface area contributed by atoms with Crippen molar-refractivity contribution in [3.63, 3.8) is 0 Å². The second kappa shape index (κ2) is 18.9. The van der Waals surface area contributed by atoms with Crippen LogP contribution in [0, 0.1) is 0 Å². The van der Waals surface area contributed by atoms with Crippen LogP contribution >= 0.6 is 0 Å². The van der Waals surface area contributed by atoms with Crippen LogP contribution in [0.1, 0.15) is 48.4 Å². The zero-order chi connectivity index (χ0) is 42.9. The number of hydrogen-bond donors (Lipinski definition) is 0. The summed E-state index contributed by atoms with van der Waals surface area (Å²) in [4.78, 5) is 79.5. The molecule has 61 heavy (non-hydrogen) atoms. The number of carbonyl (C=O) groups is 5. The normalized spacial score (nSPS) is 18.2. The molecular formula is C46H36O15. The lowest BCUT2D eigenvalue weighted by Crippen LogP contribution is -2.63. The van der Waals surface area contributed by atoms with Crippen molar-refractivity contribution in [1.82, 2.24) is 0 Å². The third-order valence-corrected chi connectivity index (χ3v) is 9.23. The van der Waals surface area contributed by atoms with Gasteiger partial charge in [0.25, 0.3) is 5.75 Å². The molecule has 5 aromatic carbocycles. The molecule has 0 saturated carbocycles. The van der Waals surface area contributed by atoms with Crippen LogP contribution in [0.4, 0.5) is 0 Å². The summed E-state index contributed by atoms with van der Waals surface area (Å²) in [5, 5.41) is 0.218. The van der Waals surface area contributed by atoms with E-state index in [-0.39, 0.29) is 44.7 Å². The molecule has 1 fully saturated rings. The first kappa shape index (κ1) is 41.4. The number of rotatable bonds is 13. The lowest BCUT2D eigenvalue weighted by Gasteiger charge is -2.44. The van der Waals surface area contributed by atoms with Gasteiger partial charge in [0.15, 0.2) is 18.0 Å². The van der Waals surface area contributed by atoms with Gasteiger partial charge in [0.05, 0.1) is 34.7 Å². The molecule has 1 aromatic heterocycles. The van der Waals surface area contributed by atoms with Crippen LogP contribution in [0.3, 0.4) is 0 Å². The van der Waals surface area contributed by atoms with Gasteiger partial charge >= 0.3 is 35.5 Å². The maximum absolute atomic E-state index is 13.9. The smallest absolute Gasteiger partial charge is 0.383 e. The molecule has 2 heterocycles. The molecule has 1 aliphatic heterocycles. The van der Waals surface area contributed by atoms with Gasteiger partial charge in [-0.25, -0.2) is 24.0 Å². The molecule has 0 amide bonds. The van der Waals surface area contributed by atoms with Crippen LogP contribution in [-0.2, 0) is 28.5 Å². The average molecular weight is 829 g/mol. The van der Waals surface area contributed by atoms with Crippen molar-refractivity contribution in [2.45, 2.75) is 37.6 Å². The van der Waals surface area contributed by atoms with Gasteiger partial charge in [0, 0.05) is 13.0 Å². The predicted octanol–water partition coefficient (Wildman–Crippen LogP) is 6.36. The SMILES string of the molecule is COc1c(OC(C)=O)c(=O)oc2cc(O[C@H]3O[C@H](COC(=O)c4ccccc4)[C@@H](OC(=O)c4ccccc4)[C@H](OC(=O)c4ccccc4)[C@@H]3OC(=O)c3ccccc3)ccc12. The number of carbonyl (C=O) groups excluding carboxylic acids is 5. The minimum absolute atomic E-state index is 0.0309. The fourth-order valence-corrected chi connectivity index (χ4v) is 6.40. The first-order valence-corrected chi connectivity index (χ1v) is 18.7. The van der Waals surface area contributed by atoms with Crippen molar-refractivity contribution in [1.29, 1.82) is 0 Å². The molecule has 1 aliphatic rings. The summed E-state index contributed by atoms with van der Waals surface area (Å²) in [6.07, 6.45) is -8.11. The fourth-order valence-electron chi connectivity index (χ4n) is 6.40. The van der Waals surface area contributed by atoms with Crippen LogP contribution in [0.25, 0.3) is 11.0 Å². The maximum atomic E-state index is 13.9. The van der Waals surface area contributed by atoms with E-state index >= 15 is 0 Å². The highest BCUT2D eigenvalue weighted by atomic mass is 16.7. The lowest BCUT2D eigenvalue weighted by atomic mass is 9.97. The Labute approximate surface area is 347 Å². The Balaban J connectivity index is 1.33. The summed E-state index contributed by atoms with van der Waals surface area (Å²) in [6.45, 7) is 0.528. The van der Waals surface area contributed by atoms with Crippen LogP contribution in [-0.4, -0.2) is 74.3 Å². The van der Waals surface area contributed by atoms with Gasteiger partial charge in [-0.3, -0.25) is 4.79 Å². The average Bonchev–Trinajstić information content (AvgIpc) is 3.28. The van der Waals surface area contributed by atoms with Crippen molar-refractivity contribution in [3.8, 4) is 17.2 Å². The standard InChI is InChI=1S/C46H36O15/c1-27(47)55-39-36(53-2)33-24-23-32(25-34(33)57-45(39)52)56-46-40(61-44(51)31-21-13-6-14-22-31)38(60-43(50)30-19-11-5-12-20-30)37(59-42(49)29-17-9-4-10-18-29)35(58-46)26-54-41(48)28-15-7-3-8-16-28/h3-25,35,37-38,40,46H,26H2,1-2H3/t35-,37-,38+,40+,46+/m1/s1. The number of hydrogen-bond acceptors (Lipinski definition) is 15. The Bertz CT molecular complexity index is 2580. The van der Waals surface area contributed by atoms with E-state index in [1.54, 1.807) is 72.8 Å². The molecule has 0 radical (unpaired) electrons. The van der Waals surface area contributed by atoms with Gasteiger partial charge in [0.2, 0.25) is 12.4 Å². The summed E-state index contributed by atoms with van der Waals surface area (Å²) in [7, 11) is 1.27. The number of fused-ring (bicyclic) bond motifs is 1. The lowest BCUT2D eigenvalue weighted by molar-refractivity contribution is -0.275. The second-order valence-corrected chi connectivity index (χ2v) is 13.3. The fraction of sp³-hybridized carbons (Fsp3) is 0.174. The van der Waals surface area contributed by atoms with Crippen molar-refractivity contribution >= 4 is 40.8 Å². The molecule has 310 valence electrons. The zero-order valence-corrected chi connectivity index (χ0v) is 32.5. The van der Waals surface area contributed by atoms with E-state index in [1.807, 2.05) is 0 Å². The highest BCUT2D eigenvalue weighted by molar-refractivity contribution is 5.92. The number of benzene rings is 5. The summed E-state index contributed by atoms with van der Waals surface area (Å²) in [5.41, 5.74) is -0.566. The quantitative estimate of drug-likeness (QED) is 0.0709. The second-order valence-electron chi connectivity index (χ2n) is 13.3. The Hall–Kier alpha value is -7.78. The zero-order valence-electron chi connectivity index (χ0n) is 32.5. The number of ether oxygens (including phenoxy) is 8. The van der Waals surface area contributed by atoms with E-state index in [2.05, 4.69) is 0 Å². The summed E-state index contributed by atoms with van der Waals surface area (Å²) < 4.78 is 52.6. The van der Waals surface area contributed by atoms with E-state index < -0.39 is 78.5 Å². The van der Waals surface area contributed by atoms with Gasteiger partial charge in [-0.1, -0.05) is 72.8 Å². The summed E-state index contributed by atoms with van der Waals surface area (Å²) in [6, 6.07) is 36.0. The highest BCUT2D eigenvalue weighted by Crippen LogP contribution is 2.37. The summed E-state index contributed by atoms with van der Waals surface area (Å²) in [5.74, 6) is -4.77. The first-order valence-electron chi connectivity index (χ1n) is 18.7. The molecule has 0 unspecified atom stereocenters. The van der Waals surface area contributed by atoms with E-state index in [9.17, 15) is 28.8 Å². The highest BCUT2D eigenvalue weighted by Gasteiger charge is 2.54. The van der Waals surface area contributed by atoms with Crippen LogP contribution in [0.15, 0.2) is 149 Å². The van der Waals surface area contributed by atoms with E-state index in [1.165, 1.54) is 73.8 Å². The van der Waals surface area contributed by atoms with E-state index in [0.717, 1.165) is 6.92 Å². The molecule has 15 nitrogen and oxygen atoms in total. The number of methoxy groups -OCH3 is 1. The molecule has 0 aliphatic carbocycles. The molecule has 0 spiro atoms. The molecule has 7 rings (SSSR count). The van der Waals surface area contributed by atoms with Crippen molar-refractivity contribution in [2.75, 3.05) is 13.7 Å². The molecule has 15 heteroatoms. The van der Waals surface area contributed by atoms with Gasteiger partial charge in [-0.05, 0) is 60.7 Å².